The number of ether oxygens (including phenoxy) is 1. The molecule has 4 nitrogen and oxygen atoms in total. The SMILES string of the molecule is COCc1c(N)c(C)nc(Cl)c1C#N.[Cl-]. The molecule has 1 aromatic heterocycles. The highest BCUT2D eigenvalue weighted by Crippen LogP contribution is 2.25. The Morgan fingerprint density at radius 1 is 1.60 bits per heavy atom. The number of nitriles is 1. The molecule has 0 spiro atoms. The van der Waals surface area contributed by atoms with E-state index in [1.807, 2.05) is 6.07 Å². The third-order valence-electron chi connectivity index (χ3n) is 1.89. The Hall–Kier alpha value is -1.02. The number of methoxy groups -OCH3 is 1. The summed E-state index contributed by atoms with van der Waals surface area (Å²) >= 11 is 5.80. The summed E-state index contributed by atoms with van der Waals surface area (Å²) in [6.07, 6.45) is 0. The minimum absolute atomic E-state index is 0. The standard InChI is InChI=1S/C9H10ClN3O.ClH/c1-5-8(12)7(4-14-2)6(3-11)9(10)13-5;/h4,12H2,1-2H3;1H/p-1. The van der Waals surface area contributed by atoms with Gasteiger partial charge in [-0.15, -0.1) is 0 Å². The number of nitrogens with two attached hydrogens (primary N) is 1. The fourth-order valence-corrected chi connectivity index (χ4v) is 1.43. The Morgan fingerprint density at radius 3 is 2.67 bits per heavy atom. The van der Waals surface area contributed by atoms with E-state index in [9.17, 15) is 0 Å². The van der Waals surface area contributed by atoms with Gasteiger partial charge < -0.3 is 22.9 Å². The van der Waals surface area contributed by atoms with Gasteiger partial charge in [0.15, 0.2) is 0 Å². The van der Waals surface area contributed by atoms with Crippen LogP contribution in [0.3, 0.4) is 0 Å². The van der Waals surface area contributed by atoms with E-state index in [0.29, 0.717) is 16.9 Å². The van der Waals surface area contributed by atoms with Gasteiger partial charge in [-0.25, -0.2) is 4.98 Å². The maximum atomic E-state index is 8.86. The molecule has 0 aromatic carbocycles. The maximum absolute atomic E-state index is 8.86. The lowest BCUT2D eigenvalue weighted by atomic mass is 10.1. The van der Waals surface area contributed by atoms with Crippen LogP contribution in [0.15, 0.2) is 0 Å². The summed E-state index contributed by atoms with van der Waals surface area (Å²) in [5.41, 5.74) is 7.73. The number of hydrogen-bond acceptors (Lipinski definition) is 4. The van der Waals surface area contributed by atoms with Crippen LogP contribution in [-0.2, 0) is 11.3 Å². The van der Waals surface area contributed by atoms with Gasteiger partial charge in [-0.2, -0.15) is 5.26 Å². The number of hydrogen-bond donors (Lipinski definition) is 1. The first kappa shape index (κ1) is 14.0. The first-order valence-electron chi connectivity index (χ1n) is 3.95. The van der Waals surface area contributed by atoms with Gasteiger partial charge in [-0.3, -0.25) is 0 Å². The van der Waals surface area contributed by atoms with E-state index in [2.05, 4.69) is 4.98 Å². The fourth-order valence-electron chi connectivity index (χ4n) is 1.15. The van der Waals surface area contributed by atoms with Crippen molar-refractivity contribution in [3.05, 3.63) is 22.0 Å². The second-order valence-corrected chi connectivity index (χ2v) is 3.16. The van der Waals surface area contributed by atoms with Gasteiger partial charge in [0.2, 0.25) is 0 Å². The van der Waals surface area contributed by atoms with E-state index in [1.165, 1.54) is 7.11 Å². The van der Waals surface area contributed by atoms with Crippen molar-refractivity contribution in [2.24, 2.45) is 0 Å². The molecule has 0 saturated heterocycles. The smallest absolute Gasteiger partial charge is 0.147 e. The monoisotopic (exact) mass is 246 g/mol. The van der Waals surface area contributed by atoms with Crippen molar-refractivity contribution in [3.63, 3.8) is 0 Å². The number of aryl methyl sites for hydroxylation is 1. The highest BCUT2D eigenvalue weighted by Gasteiger charge is 2.14. The van der Waals surface area contributed by atoms with Gasteiger partial charge in [0.05, 0.1) is 23.6 Å². The van der Waals surface area contributed by atoms with Crippen LogP contribution in [-0.4, -0.2) is 12.1 Å². The van der Waals surface area contributed by atoms with Crippen molar-refractivity contribution in [1.29, 1.82) is 5.26 Å². The van der Waals surface area contributed by atoms with E-state index in [-0.39, 0.29) is 29.7 Å². The summed E-state index contributed by atoms with van der Waals surface area (Å²) in [5, 5.41) is 9.03. The van der Waals surface area contributed by atoms with Gasteiger partial charge in [-0.1, -0.05) is 11.6 Å². The van der Waals surface area contributed by atoms with Crippen LogP contribution < -0.4 is 18.1 Å². The molecular formula is C9H10Cl2N3O-. The molecule has 0 radical (unpaired) electrons. The molecule has 1 heterocycles. The van der Waals surface area contributed by atoms with E-state index >= 15 is 0 Å². The number of aromatic nitrogens is 1. The van der Waals surface area contributed by atoms with Gasteiger partial charge in [0, 0.05) is 12.7 Å². The number of halogens is 2. The van der Waals surface area contributed by atoms with Crippen molar-refractivity contribution >= 4 is 17.3 Å². The van der Waals surface area contributed by atoms with Crippen LogP contribution in [0.25, 0.3) is 0 Å². The second kappa shape index (κ2) is 5.76. The summed E-state index contributed by atoms with van der Waals surface area (Å²) in [5.74, 6) is 0. The Labute approximate surface area is 99.4 Å². The van der Waals surface area contributed by atoms with Gasteiger partial charge in [-0.05, 0) is 6.92 Å². The van der Waals surface area contributed by atoms with Gasteiger partial charge in [0.1, 0.15) is 11.2 Å². The van der Waals surface area contributed by atoms with Crippen LogP contribution in [0.1, 0.15) is 16.8 Å². The Bertz CT molecular complexity index is 401. The molecule has 1 rings (SSSR count). The summed E-state index contributed by atoms with van der Waals surface area (Å²) in [6, 6.07) is 1.96. The summed E-state index contributed by atoms with van der Waals surface area (Å²) < 4.78 is 4.94. The van der Waals surface area contributed by atoms with E-state index < -0.39 is 0 Å². The second-order valence-electron chi connectivity index (χ2n) is 2.80. The zero-order valence-electron chi connectivity index (χ0n) is 8.34. The molecular weight excluding hydrogens is 237 g/mol. The Kier molecular flexibility index (Phi) is 5.37. The molecule has 6 heteroatoms. The van der Waals surface area contributed by atoms with Crippen LogP contribution in [0, 0.1) is 18.3 Å². The molecule has 1 aromatic rings. The van der Waals surface area contributed by atoms with Crippen molar-refractivity contribution < 1.29 is 17.1 Å². The van der Waals surface area contributed by atoms with Gasteiger partial charge >= 0.3 is 0 Å². The number of rotatable bonds is 2. The largest absolute Gasteiger partial charge is 1.00 e. The summed E-state index contributed by atoms with van der Waals surface area (Å²) in [4.78, 5) is 3.95. The predicted molar refractivity (Wildman–Crippen MR) is 53.8 cm³/mol. The van der Waals surface area contributed by atoms with Crippen molar-refractivity contribution in [1.82, 2.24) is 4.98 Å². The average Bonchev–Trinajstić information content (AvgIpc) is 2.14. The Morgan fingerprint density at radius 2 is 2.20 bits per heavy atom. The first-order valence-corrected chi connectivity index (χ1v) is 4.33. The minimum atomic E-state index is 0. The molecule has 0 aliphatic carbocycles. The first-order chi connectivity index (χ1) is 6.61. The fraction of sp³-hybridized carbons (Fsp3) is 0.333. The minimum Gasteiger partial charge on any atom is -1.00 e. The normalized spacial score (nSPS) is 9.20. The van der Waals surface area contributed by atoms with Crippen molar-refractivity contribution in [2.75, 3.05) is 12.8 Å². The molecule has 0 saturated carbocycles. The van der Waals surface area contributed by atoms with Crippen molar-refractivity contribution in [2.45, 2.75) is 13.5 Å². The lowest BCUT2D eigenvalue weighted by Gasteiger charge is -2.10. The lowest BCUT2D eigenvalue weighted by molar-refractivity contribution is -0.00000351. The molecule has 15 heavy (non-hydrogen) atoms. The third kappa shape index (κ3) is 2.72. The van der Waals surface area contributed by atoms with E-state index in [1.54, 1.807) is 6.92 Å². The predicted octanol–water partition coefficient (Wildman–Crippen LogP) is -1.35. The van der Waals surface area contributed by atoms with Gasteiger partial charge in [0.25, 0.3) is 0 Å². The average molecular weight is 247 g/mol. The van der Waals surface area contributed by atoms with Crippen LogP contribution in [0.2, 0.25) is 5.15 Å². The third-order valence-corrected chi connectivity index (χ3v) is 2.16. The summed E-state index contributed by atoms with van der Waals surface area (Å²) in [7, 11) is 1.53. The topological polar surface area (TPSA) is 71.9 Å². The van der Waals surface area contributed by atoms with Crippen LogP contribution in [0.5, 0.6) is 0 Å². The molecule has 82 valence electrons. The van der Waals surface area contributed by atoms with Crippen LogP contribution in [0.4, 0.5) is 5.69 Å². The molecule has 0 aliphatic rings. The number of nitrogen functional groups attached to an aromatic ring is 1. The highest BCUT2D eigenvalue weighted by atomic mass is 35.5. The van der Waals surface area contributed by atoms with Crippen LogP contribution >= 0.6 is 11.6 Å². The number of anilines is 1. The van der Waals surface area contributed by atoms with E-state index in [0.717, 1.165) is 0 Å². The van der Waals surface area contributed by atoms with Crippen molar-refractivity contribution in [3.8, 4) is 6.07 Å². The lowest BCUT2D eigenvalue weighted by Crippen LogP contribution is -3.00. The molecule has 0 bridgehead atoms. The quantitative estimate of drug-likeness (QED) is 0.656. The Balaban J connectivity index is 0.00000196. The summed E-state index contributed by atoms with van der Waals surface area (Å²) in [6.45, 7) is 2.00. The zero-order chi connectivity index (χ0) is 10.7. The molecule has 0 atom stereocenters. The zero-order valence-corrected chi connectivity index (χ0v) is 9.85. The molecule has 0 aliphatic heterocycles. The highest BCUT2D eigenvalue weighted by molar-refractivity contribution is 6.30. The maximum Gasteiger partial charge on any atom is 0.147 e. The number of nitrogens with zero attached hydrogens (tertiary/aromatic N) is 2. The number of pyridine rings is 1. The molecule has 0 fully saturated rings. The van der Waals surface area contributed by atoms with E-state index in [4.69, 9.17) is 27.3 Å². The molecule has 0 amide bonds. The molecule has 2 N–H and O–H groups in total. The molecule has 0 unspecified atom stereocenters.